The molecule has 0 heterocycles. The molecule has 0 saturated heterocycles. The molecule has 0 radical (unpaired) electrons. The average Bonchev–Trinajstić information content (AvgIpc) is 2.37. The van der Waals surface area contributed by atoms with Crippen molar-refractivity contribution >= 4 is 28.9 Å². The third-order valence-corrected chi connectivity index (χ3v) is 3.71. The topological polar surface area (TPSA) is 32.3 Å². The summed E-state index contributed by atoms with van der Waals surface area (Å²) in [5.41, 5.74) is 3.79. The van der Waals surface area contributed by atoms with Gasteiger partial charge in [0.2, 0.25) is 0 Å². The Labute approximate surface area is 123 Å². The smallest absolute Gasteiger partial charge is 0.121 e. The first-order chi connectivity index (χ1) is 8.97. The number of aryl methyl sites for hydroxylation is 2. The van der Waals surface area contributed by atoms with Gasteiger partial charge in [-0.1, -0.05) is 35.3 Å². The number of nitrogens with one attached hydrogen (secondary N) is 1. The lowest BCUT2D eigenvalue weighted by molar-refractivity contribution is 0.466. The second-order valence-electron chi connectivity index (χ2n) is 4.56. The van der Waals surface area contributed by atoms with E-state index in [9.17, 15) is 5.11 Å². The van der Waals surface area contributed by atoms with Crippen LogP contribution >= 0.6 is 23.2 Å². The Bertz CT molecular complexity index is 588. The highest BCUT2D eigenvalue weighted by atomic mass is 35.5. The fraction of sp³-hybridized carbons (Fsp3) is 0.200. The Morgan fingerprint density at radius 2 is 1.63 bits per heavy atom. The highest BCUT2D eigenvalue weighted by molar-refractivity contribution is 6.42. The number of rotatable bonds is 3. The number of hydrogen-bond acceptors (Lipinski definition) is 2. The maximum atomic E-state index is 9.73. The molecule has 100 valence electrons. The van der Waals surface area contributed by atoms with E-state index in [4.69, 9.17) is 23.2 Å². The van der Waals surface area contributed by atoms with Crippen molar-refractivity contribution in [1.29, 1.82) is 0 Å². The summed E-state index contributed by atoms with van der Waals surface area (Å²) < 4.78 is 0. The molecule has 2 rings (SSSR count). The highest BCUT2D eigenvalue weighted by Crippen LogP contribution is 2.26. The minimum Gasteiger partial charge on any atom is -0.507 e. The zero-order valence-electron chi connectivity index (χ0n) is 10.8. The molecular weight excluding hydrogens is 281 g/mol. The maximum Gasteiger partial charge on any atom is 0.121 e. The van der Waals surface area contributed by atoms with Gasteiger partial charge in [0.1, 0.15) is 5.75 Å². The van der Waals surface area contributed by atoms with E-state index in [-0.39, 0.29) is 0 Å². The second kappa shape index (κ2) is 5.72. The van der Waals surface area contributed by atoms with Crippen LogP contribution in [-0.2, 0) is 6.54 Å². The standard InChI is InChI=1S/C15H15Cl2NO/c1-9-5-11(6-10(2)15(9)19)8-18-12-3-4-13(16)14(17)7-12/h3-7,18-19H,8H2,1-2H3. The average molecular weight is 296 g/mol. The van der Waals surface area contributed by atoms with E-state index in [0.29, 0.717) is 22.3 Å². The maximum absolute atomic E-state index is 9.73. The molecule has 2 aromatic carbocycles. The molecule has 4 heteroatoms. The quantitative estimate of drug-likeness (QED) is 0.842. The molecule has 0 atom stereocenters. The van der Waals surface area contributed by atoms with Crippen molar-refractivity contribution in [2.75, 3.05) is 5.32 Å². The van der Waals surface area contributed by atoms with Gasteiger partial charge >= 0.3 is 0 Å². The van der Waals surface area contributed by atoms with Crippen LogP contribution < -0.4 is 5.32 Å². The van der Waals surface area contributed by atoms with Crippen molar-refractivity contribution < 1.29 is 5.11 Å². The van der Waals surface area contributed by atoms with E-state index in [1.807, 2.05) is 32.0 Å². The summed E-state index contributed by atoms with van der Waals surface area (Å²) in [4.78, 5) is 0. The SMILES string of the molecule is Cc1cc(CNc2ccc(Cl)c(Cl)c2)cc(C)c1O. The minimum absolute atomic E-state index is 0.360. The number of hydrogen-bond donors (Lipinski definition) is 2. The van der Waals surface area contributed by atoms with Crippen LogP contribution in [0.5, 0.6) is 5.75 Å². The molecular formula is C15H15Cl2NO. The number of anilines is 1. The molecule has 19 heavy (non-hydrogen) atoms. The molecule has 0 aromatic heterocycles. The van der Waals surface area contributed by atoms with Gasteiger partial charge in [0.25, 0.3) is 0 Å². The lowest BCUT2D eigenvalue weighted by atomic mass is 10.1. The Morgan fingerprint density at radius 3 is 2.21 bits per heavy atom. The molecule has 2 aromatic rings. The summed E-state index contributed by atoms with van der Waals surface area (Å²) in [6.45, 7) is 4.45. The number of aromatic hydroxyl groups is 1. The third-order valence-electron chi connectivity index (χ3n) is 2.97. The molecule has 0 unspecified atom stereocenters. The van der Waals surface area contributed by atoms with E-state index in [1.54, 1.807) is 12.1 Å². The zero-order chi connectivity index (χ0) is 14.0. The van der Waals surface area contributed by atoms with Crippen LogP contribution in [0.2, 0.25) is 10.0 Å². The number of phenolic OH excluding ortho intramolecular Hbond substituents is 1. The molecule has 0 fully saturated rings. The highest BCUT2D eigenvalue weighted by Gasteiger charge is 2.04. The van der Waals surface area contributed by atoms with Gasteiger partial charge < -0.3 is 10.4 Å². The summed E-state index contributed by atoms with van der Waals surface area (Å²) in [5, 5.41) is 14.1. The predicted octanol–water partition coefficient (Wildman–Crippen LogP) is 4.93. The van der Waals surface area contributed by atoms with E-state index in [1.165, 1.54) is 0 Å². The van der Waals surface area contributed by atoms with Gasteiger partial charge in [0.05, 0.1) is 10.0 Å². The summed E-state index contributed by atoms with van der Waals surface area (Å²) in [7, 11) is 0. The van der Waals surface area contributed by atoms with Crippen LogP contribution in [0.4, 0.5) is 5.69 Å². The molecule has 0 aliphatic rings. The van der Waals surface area contributed by atoms with Crippen molar-refractivity contribution in [3.05, 3.63) is 57.1 Å². The first kappa shape index (κ1) is 14.0. The van der Waals surface area contributed by atoms with Crippen molar-refractivity contribution in [2.24, 2.45) is 0 Å². The largest absolute Gasteiger partial charge is 0.507 e. The van der Waals surface area contributed by atoms with Crippen LogP contribution in [0, 0.1) is 13.8 Å². The monoisotopic (exact) mass is 295 g/mol. The van der Waals surface area contributed by atoms with Crippen molar-refractivity contribution in [3.63, 3.8) is 0 Å². The second-order valence-corrected chi connectivity index (χ2v) is 5.38. The van der Waals surface area contributed by atoms with Crippen LogP contribution in [0.15, 0.2) is 30.3 Å². The summed E-state index contributed by atoms with van der Waals surface area (Å²) in [6, 6.07) is 9.37. The van der Waals surface area contributed by atoms with Gasteiger partial charge in [0.15, 0.2) is 0 Å². The summed E-state index contributed by atoms with van der Waals surface area (Å²) in [6.07, 6.45) is 0. The fourth-order valence-corrected chi connectivity index (χ4v) is 2.26. The Hall–Kier alpha value is -1.38. The summed E-state index contributed by atoms with van der Waals surface area (Å²) >= 11 is 11.8. The van der Waals surface area contributed by atoms with Gasteiger partial charge in [-0.2, -0.15) is 0 Å². The molecule has 0 aliphatic heterocycles. The molecule has 2 N–H and O–H groups in total. The van der Waals surface area contributed by atoms with E-state index < -0.39 is 0 Å². The van der Waals surface area contributed by atoms with Gasteiger partial charge in [0, 0.05) is 12.2 Å². The van der Waals surface area contributed by atoms with E-state index >= 15 is 0 Å². The zero-order valence-corrected chi connectivity index (χ0v) is 12.3. The molecule has 0 saturated carbocycles. The molecule has 0 bridgehead atoms. The first-order valence-electron chi connectivity index (χ1n) is 5.95. The first-order valence-corrected chi connectivity index (χ1v) is 6.71. The van der Waals surface area contributed by atoms with Crippen molar-refractivity contribution in [3.8, 4) is 5.75 Å². The molecule has 2 nitrogen and oxygen atoms in total. The Morgan fingerprint density at radius 1 is 1.00 bits per heavy atom. The Kier molecular flexibility index (Phi) is 4.23. The van der Waals surface area contributed by atoms with E-state index in [0.717, 1.165) is 22.4 Å². The number of benzene rings is 2. The Balaban J connectivity index is 2.12. The lowest BCUT2D eigenvalue weighted by Crippen LogP contribution is -2.00. The van der Waals surface area contributed by atoms with Crippen LogP contribution in [0.3, 0.4) is 0 Å². The van der Waals surface area contributed by atoms with E-state index in [2.05, 4.69) is 5.32 Å². The lowest BCUT2D eigenvalue weighted by Gasteiger charge is -2.10. The van der Waals surface area contributed by atoms with Gasteiger partial charge in [-0.25, -0.2) is 0 Å². The van der Waals surface area contributed by atoms with Crippen LogP contribution in [-0.4, -0.2) is 5.11 Å². The predicted molar refractivity (Wildman–Crippen MR) is 81.4 cm³/mol. The van der Waals surface area contributed by atoms with Gasteiger partial charge in [-0.05, 0) is 48.7 Å². The van der Waals surface area contributed by atoms with Gasteiger partial charge in [-0.3, -0.25) is 0 Å². The molecule has 0 spiro atoms. The van der Waals surface area contributed by atoms with Gasteiger partial charge in [-0.15, -0.1) is 0 Å². The van der Waals surface area contributed by atoms with Crippen molar-refractivity contribution in [1.82, 2.24) is 0 Å². The molecule has 0 amide bonds. The normalized spacial score (nSPS) is 10.5. The van der Waals surface area contributed by atoms with Crippen LogP contribution in [0.1, 0.15) is 16.7 Å². The van der Waals surface area contributed by atoms with Crippen LogP contribution in [0.25, 0.3) is 0 Å². The number of halogens is 2. The minimum atomic E-state index is 0.360. The fourth-order valence-electron chi connectivity index (χ4n) is 1.96. The van der Waals surface area contributed by atoms with Crippen molar-refractivity contribution in [2.45, 2.75) is 20.4 Å². The molecule has 0 aliphatic carbocycles. The third kappa shape index (κ3) is 3.34. The number of phenols is 1. The summed E-state index contributed by atoms with van der Waals surface area (Å²) in [5.74, 6) is 0.360.